The fourth-order valence-electron chi connectivity index (χ4n) is 3.97. The van der Waals surface area contributed by atoms with Crippen molar-refractivity contribution >= 4 is 23.0 Å². The Balaban J connectivity index is 1.82. The lowest BCUT2D eigenvalue weighted by Gasteiger charge is -2.40. The van der Waals surface area contributed by atoms with Gasteiger partial charge >= 0.3 is 0 Å². The smallest absolute Gasteiger partial charge is 0.158 e. The first kappa shape index (κ1) is 13.9. The van der Waals surface area contributed by atoms with Crippen molar-refractivity contribution in [3.63, 3.8) is 0 Å². The summed E-state index contributed by atoms with van der Waals surface area (Å²) < 4.78 is 0.0890. The highest BCUT2D eigenvalue weighted by Crippen LogP contribution is 2.58. The van der Waals surface area contributed by atoms with Crippen molar-refractivity contribution in [2.24, 2.45) is 10.9 Å². The summed E-state index contributed by atoms with van der Waals surface area (Å²) >= 11 is 2.05. The van der Waals surface area contributed by atoms with Gasteiger partial charge in [-0.3, -0.25) is 4.99 Å². The highest BCUT2D eigenvalue weighted by atomic mass is 32.2. The van der Waals surface area contributed by atoms with Gasteiger partial charge in [0.1, 0.15) is 0 Å². The topological polar surface area (TPSA) is 52.8 Å². The molecule has 0 amide bonds. The quantitative estimate of drug-likeness (QED) is 0.605. The van der Waals surface area contributed by atoms with E-state index in [9.17, 15) is 10.2 Å². The molecule has 1 saturated heterocycles. The van der Waals surface area contributed by atoms with E-state index < -0.39 is 0 Å². The normalized spacial score (nSPS) is 33.0. The van der Waals surface area contributed by atoms with E-state index in [1.807, 2.05) is 12.3 Å². The van der Waals surface area contributed by atoms with Gasteiger partial charge in [0, 0.05) is 29.5 Å². The molecule has 3 aliphatic rings. The Labute approximate surface area is 134 Å². The van der Waals surface area contributed by atoms with Gasteiger partial charge in [-0.15, -0.1) is 11.8 Å². The van der Waals surface area contributed by atoms with Crippen LogP contribution in [0.5, 0.6) is 11.5 Å². The van der Waals surface area contributed by atoms with Crippen molar-refractivity contribution in [2.75, 3.05) is 0 Å². The van der Waals surface area contributed by atoms with Crippen LogP contribution in [0.3, 0.4) is 0 Å². The zero-order valence-electron chi connectivity index (χ0n) is 12.5. The summed E-state index contributed by atoms with van der Waals surface area (Å²) in [5.41, 5.74) is 3.44. The van der Waals surface area contributed by atoms with Gasteiger partial charge in [0.05, 0.1) is 4.75 Å². The molecule has 0 saturated carbocycles. The van der Waals surface area contributed by atoms with Gasteiger partial charge in [0.15, 0.2) is 11.5 Å². The molecular formula is C18H19NO2S. The summed E-state index contributed by atoms with van der Waals surface area (Å²) in [5.74, 6) is 0.284. The Hall–Kier alpha value is -1.68. The van der Waals surface area contributed by atoms with Crippen molar-refractivity contribution in [3.8, 4) is 11.5 Å². The van der Waals surface area contributed by atoms with Crippen LogP contribution in [0.4, 0.5) is 0 Å². The molecule has 0 aromatic heterocycles. The maximum Gasteiger partial charge on any atom is 0.158 e. The number of hydrogen-bond donors (Lipinski definition) is 2. The highest BCUT2D eigenvalue weighted by molar-refractivity contribution is 8.02. The number of thioether (sulfide) groups is 1. The molecule has 1 fully saturated rings. The lowest BCUT2D eigenvalue weighted by Crippen LogP contribution is -2.42. The Kier molecular flexibility index (Phi) is 3.12. The second-order valence-electron chi connectivity index (χ2n) is 6.35. The summed E-state index contributed by atoms with van der Waals surface area (Å²) in [4.78, 5) is 4.77. The van der Waals surface area contributed by atoms with Crippen molar-refractivity contribution in [1.29, 1.82) is 0 Å². The van der Waals surface area contributed by atoms with E-state index in [0.29, 0.717) is 11.2 Å². The maximum absolute atomic E-state index is 9.82. The van der Waals surface area contributed by atoms with E-state index in [-0.39, 0.29) is 16.2 Å². The molecule has 3 atom stereocenters. The Morgan fingerprint density at radius 3 is 2.91 bits per heavy atom. The highest BCUT2D eigenvalue weighted by Gasteiger charge is 2.52. The molecule has 1 spiro atoms. The minimum absolute atomic E-state index is 0.0653. The van der Waals surface area contributed by atoms with Crippen LogP contribution in [0, 0.1) is 5.92 Å². The number of hydrogen-bond acceptors (Lipinski definition) is 4. The fraction of sp³-hybridized carbons (Fsp3) is 0.389. The average molecular weight is 313 g/mol. The zero-order chi connectivity index (χ0) is 15.3. The number of phenolic OH excluding ortho intramolecular Hbond substituents is 2. The first-order valence-corrected chi connectivity index (χ1v) is 8.60. The van der Waals surface area contributed by atoms with Crippen molar-refractivity contribution in [2.45, 2.75) is 36.2 Å². The van der Waals surface area contributed by atoms with Crippen LogP contribution in [-0.4, -0.2) is 25.9 Å². The largest absolute Gasteiger partial charge is 0.504 e. The molecule has 1 aliphatic carbocycles. The van der Waals surface area contributed by atoms with E-state index in [1.54, 1.807) is 12.1 Å². The number of benzene rings is 1. The van der Waals surface area contributed by atoms with E-state index in [2.05, 4.69) is 30.8 Å². The summed E-state index contributed by atoms with van der Waals surface area (Å²) in [6, 6.07) is 5.09. The van der Waals surface area contributed by atoms with Crippen molar-refractivity contribution in [1.82, 2.24) is 0 Å². The molecule has 0 bridgehead atoms. The number of phenols is 2. The molecule has 1 aromatic rings. The second-order valence-corrected chi connectivity index (χ2v) is 8.12. The van der Waals surface area contributed by atoms with Crippen LogP contribution in [0.2, 0.25) is 0 Å². The zero-order valence-corrected chi connectivity index (χ0v) is 13.3. The molecule has 0 radical (unpaired) electrons. The Morgan fingerprint density at radius 1 is 1.23 bits per heavy atom. The van der Waals surface area contributed by atoms with Gasteiger partial charge in [0.2, 0.25) is 0 Å². The minimum Gasteiger partial charge on any atom is -0.504 e. The Morgan fingerprint density at radius 2 is 2.09 bits per heavy atom. The molecule has 2 aliphatic heterocycles. The van der Waals surface area contributed by atoms with E-state index in [4.69, 9.17) is 4.99 Å². The third-order valence-electron chi connectivity index (χ3n) is 4.97. The van der Waals surface area contributed by atoms with Crippen LogP contribution in [-0.2, 0) is 0 Å². The van der Waals surface area contributed by atoms with Gasteiger partial charge in [-0.1, -0.05) is 25.1 Å². The third-order valence-corrected chi connectivity index (χ3v) is 6.68. The van der Waals surface area contributed by atoms with E-state index in [1.165, 1.54) is 11.3 Å². The summed E-state index contributed by atoms with van der Waals surface area (Å²) in [6.45, 7) is 2.29. The van der Waals surface area contributed by atoms with Gasteiger partial charge in [-0.25, -0.2) is 0 Å². The SMILES string of the molecule is CC1CC2C(c3ccc(O)c(O)c3)=CN=C3CC=CCC32S1. The molecule has 22 heavy (non-hydrogen) atoms. The van der Waals surface area contributed by atoms with Gasteiger partial charge < -0.3 is 10.2 Å². The lowest BCUT2D eigenvalue weighted by molar-refractivity contribution is 0.403. The number of allylic oxidation sites excluding steroid dienone is 3. The summed E-state index contributed by atoms with van der Waals surface area (Å²) in [5, 5.41) is 20.0. The fourth-order valence-corrected chi connectivity index (χ4v) is 5.83. The maximum atomic E-state index is 9.82. The van der Waals surface area contributed by atoms with E-state index >= 15 is 0 Å². The minimum atomic E-state index is -0.0752. The molecule has 4 rings (SSSR count). The predicted molar refractivity (Wildman–Crippen MR) is 91.4 cm³/mol. The van der Waals surface area contributed by atoms with Gasteiger partial charge in [-0.2, -0.15) is 0 Å². The molecular weight excluding hydrogens is 294 g/mol. The van der Waals surface area contributed by atoms with Crippen LogP contribution in [0.15, 0.2) is 41.5 Å². The number of aromatic hydroxyl groups is 2. The van der Waals surface area contributed by atoms with Crippen LogP contribution in [0.1, 0.15) is 31.7 Å². The number of rotatable bonds is 1. The predicted octanol–water partition coefficient (Wildman–Crippen LogP) is 4.12. The first-order valence-electron chi connectivity index (χ1n) is 7.72. The number of aliphatic imine (C=N–C) groups is 1. The van der Waals surface area contributed by atoms with Crippen LogP contribution in [0.25, 0.3) is 5.57 Å². The first-order chi connectivity index (χ1) is 10.6. The summed E-state index contributed by atoms with van der Waals surface area (Å²) in [6.07, 6.45) is 9.59. The molecule has 1 aromatic carbocycles. The average Bonchev–Trinajstić information content (AvgIpc) is 2.84. The molecule has 114 valence electrons. The lowest BCUT2D eigenvalue weighted by atomic mass is 9.72. The summed E-state index contributed by atoms with van der Waals surface area (Å²) in [7, 11) is 0. The third kappa shape index (κ3) is 1.93. The molecule has 3 unspecified atom stereocenters. The second kappa shape index (κ2) is 4.92. The monoisotopic (exact) mass is 313 g/mol. The van der Waals surface area contributed by atoms with E-state index in [0.717, 1.165) is 24.8 Å². The Bertz CT molecular complexity index is 722. The molecule has 3 nitrogen and oxygen atoms in total. The molecule has 4 heteroatoms. The molecule has 2 heterocycles. The molecule has 2 N–H and O–H groups in total. The van der Waals surface area contributed by atoms with Crippen LogP contribution < -0.4 is 0 Å². The number of nitrogens with zero attached hydrogens (tertiary/aromatic N) is 1. The standard InChI is InChI=1S/C18H19NO2S/c1-11-8-14-13(12-5-6-15(20)16(21)9-12)10-19-17-4-2-3-7-18(14,17)22-11/h2-3,5-6,9-11,14,20-21H,4,7-8H2,1H3. The van der Waals surface area contributed by atoms with Gasteiger partial charge in [-0.05, 0) is 36.1 Å². The van der Waals surface area contributed by atoms with Crippen molar-refractivity contribution in [3.05, 3.63) is 42.1 Å². The van der Waals surface area contributed by atoms with Crippen LogP contribution >= 0.6 is 11.8 Å². The van der Waals surface area contributed by atoms with Gasteiger partial charge in [0.25, 0.3) is 0 Å². The van der Waals surface area contributed by atoms with Crippen molar-refractivity contribution < 1.29 is 10.2 Å².